The molecule has 1 rings (SSSR count). The van der Waals surface area contributed by atoms with E-state index >= 15 is 0 Å². The molecule has 0 aromatic carbocycles. The zero-order chi connectivity index (χ0) is 8.27. The molecule has 0 unspecified atom stereocenters. The summed E-state index contributed by atoms with van der Waals surface area (Å²) in [6.07, 6.45) is 2.04. The Bertz CT molecular complexity index is 123. The summed E-state index contributed by atoms with van der Waals surface area (Å²) in [5.41, 5.74) is 0. The predicted octanol–water partition coefficient (Wildman–Crippen LogP) is 1.43. The monoisotopic (exact) mass is 366 g/mol. The molecular formula is C7H13ClHgO2. The molecule has 11 heavy (non-hydrogen) atoms. The Morgan fingerprint density at radius 3 is 2.91 bits per heavy atom. The molecule has 0 aromatic heterocycles. The first-order valence-corrected chi connectivity index (χ1v) is 14.7. The van der Waals surface area contributed by atoms with Crippen LogP contribution in [0.4, 0.5) is 0 Å². The van der Waals surface area contributed by atoms with Crippen molar-refractivity contribution in [3.63, 3.8) is 0 Å². The quantitative estimate of drug-likeness (QED) is 0.767. The molecule has 0 bridgehead atoms. The Kier molecular flexibility index (Phi) is 4.65. The van der Waals surface area contributed by atoms with Crippen LogP contribution in [0.1, 0.15) is 12.8 Å². The number of rotatable bonds is 3. The van der Waals surface area contributed by atoms with Crippen molar-refractivity contribution in [3.05, 3.63) is 0 Å². The van der Waals surface area contributed by atoms with Crippen molar-refractivity contribution in [1.82, 2.24) is 0 Å². The molecule has 1 aliphatic rings. The van der Waals surface area contributed by atoms with Crippen LogP contribution in [0.15, 0.2) is 0 Å². The van der Waals surface area contributed by atoms with E-state index in [0.717, 1.165) is 16.8 Å². The first-order valence-electron chi connectivity index (χ1n) is 4.06. The number of aliphatic hydroxyl groups excluding tert-OH is 1. The van der Waals surface area contributed by atoms with Crippen LogP contribution in [0.2, 0.25) is 3.93 Å². The van der Waals surface area contributed by atoms with Gasteiger partial charge >= 0.3 is 83.4 Å². The van der Waals surface area contributed by atoms with Gasteiger partial charge in [-0.1, -0.05) is 0 Å². The van der Waals surface area contributed by atoms with Crippen molar-refractivity contribution in [1.29, 1.82) is 0 Å². The second-order valence-corrected chi connectivity index (χ2v) is 10.1. The van der Waals surface area contributed by atoms with Crippen molar-refractivity contribution >= 4 is 8.25 Å². The van der Waals surface area contributed by atoms with Crippen LogP contribution >= 0.6 is 8.25 Å². The molecule has 1 fully saturated rings. The van der Waals surface area contributed by atoms with E-state index in [1.54, 1.807) is 7.11 Å². The SMILES string of the molecule is CO[C@@H]1CC[C@@H](O)[C@H]1[CH2][Hg][Cl]. The molecule has 1 N–H and O–H groups in total. The first kappa shape index (κ1) is 10.2. The molecule has 0 spiro atoms. The number of halogens is 1. The third kappa shape index (κ3) is 2.54. The van der Waals surface area contributed by atoms with E-state index in [9.17, 15) is 5.11 Å². The van der Waals surface area contributed by atoms with Gasteiger partial charge in [0.15, 0.2) is 0 Å². The molecule has 0 amide bonds. The molecule has 1 aliphatic carbocycles. The molecule has 3 atom stereocenters. The van der Waals surface area contributed by atoms with Gasteiger partial charge in [0.05, 0.1) is 0 Å². The fraction of sp³-hybridized carbons (Fsp3) is 1.00. The predicted molar refractivity (Wildman–Crippen MR) is 40.2 cm³/mol. The summed E-state index contributed by atoms with van der Waals surface area (Å²) in [5.74, 6) is 0.360. The van der Waals surface area contributed by atoms with E-state index in [4.69, 9.17) is 13.0 Å². The van der Waals surface area contributed by atoms with Gasteiger partial charge in [-0.05, 0) is 0 Å². The summed E-state index contributed by atoms with van der Waals surface area (Å²) in [6.45, 7) is 0. The molecule has 4 heteroatoms. The summed E-state index contributed by atoms with van der Waals surface area (Å²) >= 11 is -1.10. The summed E-state index contributed by atoms with van der Waals surface area (Å²) in [5, 5.41) is 9.52. The van der Waals surface area contributed by atoms with Crippen LogP contribution in [0, 0.1) is 5.92 Å². The van der Waals surface area contributed by atoms with Gasteiger partial charge in [0.25, 0.3) is 0 Å². The zero-order valence-corrected chi connectivity index (χ0v) is 13.0. The van der Waals surface area contributed by atoms with E-state index in [1.807, 2.05) is 0 Å². The fourth-order valence-corrected chi connectivity index (χ4v) is 7.94. The molecule has 0 saturated heterocycles. The van der Waals surface area contributed by atoms with Crippen LogP contribution < -0.4 is 0 Å². The van der Waals surface area contributed by atoms with E-state index in [1.165, 1.54) is 0 Å². The Labute approximate surface area is 83.1 Å². The first-order chi connectivity index (χ1) is 5.29. The van der Waals surface area contributed by atoms with Gasteiger partial charge in [-0.3, -0.25) is 0 Å². The average molecular weight is 365 g/mol. The minimum atomic E-state index is -1.10. The van der Waals surface area contributed by atoms with Gasteiger partial charge in [-0.25, -0.2) is 0 Å². The fourth-order valence-electron chi connectivity index (χ4n) is 1.81. The third-order valence-electron chi connectivity index (χ3n) is 2.46. The van der Waals surface area contributed by atoms with Crippen molar-refractivity contribution in [2.75, 3.05) is 7.11 Å². The van der Waals surface area contributed by atoms with E-state index < -0.39 is 23.3 Å². The van der Waals surface area contributed by atoms with Crippen LogP contribution in [-0.4, -0.2) is 24.4 Å². The Morgan fingerprint density at radius 2 is 2.36 bits per heavy atom. The topological polar surface area (TPSA) is 29.5 Å². The van der Waals surface area contributed by atoms with Crippen LogP contribution in [0.5, 0.6) is 0 Å². The molecule has 1 saturated carbocycles. The molecular weight excluding hydrogens is 352 g/mol. The number of methoxy groups -OCH3 is 1. The molecule has 2 nitrogen and oxygen atoms in total. The maximum atomic E-state index is 9.52. The van der Waals surface area contributed by atoms with Gasteiger partial charge in [0, 0.05) is 0 Å². The number of hydrogen-bond donors (Lipinski definition) is 1. The maximum absolute atomic E-state index is 9.52. The molecule has 62 valence electrons. The standard InChI is InChI=1S/C7H13O2.ClH.Hg/c1-5-6(8)3-4-7(5)9-2;;/h5-8H,1,3-4H2,2H3;1H;/q;;+1/p-1/t5-,6-,7-;;/m1../s1. The molecule has 0 aromatic rings. The van der Waals surface area contributed by atoms with E-state index in [2.05, 4.69) is 0 Å². The number of hydrogen-bond acceptors (Lipinski definition) is 2. The van der Waals surface area contributed by atoms with Crippen molar-refractivity contribution in [2.24, 2.45) is 5.92 Å². The summed E-state index contributed by atoms with van der Waals surface area (Å²) in [6, 6.07) is 0. The Balaban J connectivity index is 2.42. The molecule has 0 aliphatic heterocycles. The Morgan fingerprint density at radius 1 is 1.64 bits per heavy atom. The minimum absolute atomic E-state index is 0.140. The van der Waals surface area contributed by atoms with Crippen LogP contribution in [-0.2, 0) is 28.1 Å². The van der Waals surface area contributed by atoms with Crippen LogP contribution in [0.25, 0.3) is 0 Å². The van der Waals surface area contributed by atoms with E-state index in [0.29, 0.717) is 5.92 Å². The van der Waals surface area contributed by atoms with Gasteiger partial charge in [-0.15, -0.1) is 0 Å². The van der Waals surface area contributed by atoms with Crippen molar-refractivity contribution in [2.45, 2.75) is 29.0 Å². The average Bonchev–Trinajstić information content (AvgIpc) is 2.34. The normalized spacial score (nSPS) is 37.2. The van der Waals surface area contributed by atoms with Crippen LogP contribution in [0.3, 0.4) is 0 Å². The summed E-state index contributed by atoms with van der Waals surface area (Å²) in [7, 11) is 7.55. The molecule has 0 radical (unpaired) electrons. The van der Waals surface area contributed by atoms with Gasteiger partial charge < -0.3 is 0 Å². The summed E-state index contributed by atoms with van der Waals surface area (Å²) < 4.78 is 6.35. The zero-order valence-electron chi connectivity index (χ0n) is 6.79. The van der Waals surface area contributed by atoms with Gasteiger partial charge in [0.2, 0.25) is 0 Å². The second kappa shape index (κ2) is 5.00. The number of aliphatic hydroxyl groups is 1. The second-order valence-electron chi connectivity index (χ2n) is 3.06. The third-order valence-corrected chi connectivity index (χ3v) is 7.82. The number of ether oxygens (including phenoxy) is 1. The van der Waals surface area contributed by atoms with Gasteiger partial charge in [-0.2, -0.15) is 0 Å². The van der Waals surface area contributed by atoms with Gasteiger partial charge in [0.1, 0.15) is 0 Å². The summed E-state index contributed by atoms with van der Waals surface area (Å²) in [4.78, 5) is 0. The Hall–Kier alpha value is 1.15. The van der Waals surface area contributed by atoms with Crippen molar-refractivity contribution < 1.29 is 33.2 Å². The molecule has 0 heterocycles. The van der Waals surface area contributed by atoms with Crippen molar-refractivity contribution in [3.8, 4) is 0 Å². The van der Waals surface area contributed by atoms with E-state index in [-0.39, 0.29) is 12.2 Å².